The SMILES string of the molecule is O=C(O)C1C2C=CC(C2)C1c1ccc(Cl)cc1. The van der Waals surface area contributed by atoms with E-state index in [0.29, 0.717) is 10.9 Å². The van der Waals surface area contributed by atoms with Crippen molar-refractivity contribution in [2.75, 3.05) is 0 Å². The van der Waals surface area contributed by atoms with E-state index in [1.165, 1.54) is 0 Å². The average molecular weight is 249 g/mol. The molecule has 3 rings (SSSR count). The molecule has 0 heterocycles. The summed E-state index contributed by atoms with van der Waals surface area (Å²) < 4.78 is 0. The van der Waals surface area contributed by atoms with Gasteiger partial charge < -0.3 is 5.11 Å². The number of halogens is 1. The lowest BCUT2D eigenvalue weighted by Gasteiger charge is -2.25. The second-order valence-electron chi connectivity index (χ2n) is 4.89. The Morgan fingerprint density at radius 3 is 2.47 bits per heavy atom. The Hall–Kier alpha value is -1.28. The molecule has 1 aromatic carbocycles. The van der Waals surface area contributed by atoms with Crippen LogP contribution in [0.2, 0.25) is 5.02 Å². The highest BCUT2D eigenvalue weighted by Crippen LogP contribution is 2.53. The summed E-state index contributed by atoms with van der Waals surface area (Å²) in [5.74, 6) is -0.256. The Kier molecular flexibility index (Phi) is 2.48. The molecular weight excluding hydrogens is 236 g/mol. The lowest BCUT2D eigenvalue weighted by Crippen LogP contribution is -2.25. The van der Waals surface area contributed by atoms with Gasteiger partial charge >= 0.3 is 5.97 Å². The number of carboxylic acids is 1. The molecule has 17 heavy (non-hydrogen) atoms. The minimum absolute atomic E-state index is 0.111. The van der Waals surface area contributed by atoms with Gasteiger partial charge in [-0.2, -0.15) is 0 Å². The van der Waals surface area contributed by atoms with E-state index in [4.69, 9.17) is 11.6 Å². The summed E-state index contributed by atoms with van der Waals surface area (Å²) in [5.41, 5.74) is 1.10. The van der Waals surface area contributed by atoms with Gasteiger partial charge in [-0.25, -0.2) is 0 Å². The normalized spacial score (nSPS) is 34.2. The summed E-state index contributed by atoms with van der Waals surface area (Å²) >= 11 is 5.87. The van der Waals surface area contributed by atoms with E-state index >= 15 is 0 Å². The fraction of sp³-hybridized carbons (Fsp3) is 0.357. The van der Waals surface area contributed by atoms with Crippen LogP contribution in [0.25, 0.3) is 0 Å². The predicted molar refractivity (Wildman–Crippen MR) is 66.1 cm³/mol. The number of aliphatic carboxylic acids is 1. The van der Waals surface area contributed by atoms with Crippen molar-refractivity contribution in [2.24, 2.45) is 17.8 Å². The molecule has 4 unspecified atom stereocenters. The predicted octanol–water partition coefficient (Wildman–Crippen LogP) is 3.33. The van der Waals surface area contributed by atoms with Crippen molar-refractivity contribution in [3.8, 4) is 0 Å². The van der Waals surface area contributed by atoms with Gasteiger partial charge in [0.1, 0.15) is 0 Å². The van der Waals surface area contributed by atoms with E-state index in [0.717, 1.165) is 12.0 Å². The van der Waals surface area contributed by atoms with Crippen LogP contribution in [0.3, 0.4) is 0 Å². The molecule has 2 aliphatic rings. The molecule has 0 aromatic heterocycles. The molecule has 1 fully saturated rings. The van der Waals surface area contributed by atoms with Gasteiger partial charge in [0.05, 0.1) is 5.92 Å². The zero-order valence-electron chi connectivity index (χ0n) is 9.21. The molecule has 3 heteroatoms. The van der Waals surface area contributed by atoms with Gasteiger partial charge in [-0.3, -0.25) is 4.79 Å². The quantitative estimate of drug-likeness (QED) is 0.815. The summed E-state index contributed by atoms with van der Waals surface area (Å²) in [6, 6.07) is 7.59. The van der Waals surface area contributed by atoms with Gasteiger partial charge in [-0.15, -0.1) is 0 Å². The Balaban J connectivity index is 1.99. The standard InChI is InChI=1S/C14H13ClO2/c15-11-5-3-8(4-6-11)12-9-1-2-10(7-9)13(12)14(16)17/h1-6,9-10,12-13H,7H2,(H,16,17). The lowest BCUT2D eigenvalue weighted by atomic mass is 9.78. The van der Waals surface area contributed by atoms with E-state index in [2.05, 4.69) is 12.2 Å². The molecule has 0 radical (unpaired) electrons. The minimum Gasteiger partial charge on any atom is -0.481 e. The van der Waals surface area contributed by atoms with E-state index < -0.39 is 5.97 Å². The zero-order chi connectivity index (χ0) is 12.0. The molecular formula is C14H13ClO2. The van der Waals surface area contributed by atoms with Crippen LogP contribution in [0, 0.1) is 17.8 Å². The number of rotatable bonds is 2. The molecule has 4 atom stereocenters. The van der Waals surface area contributed by atoms with Gasteiger partial charge in [-0.05, 0) is 36.0 Å². The smallest absolute Gasteiger partial charge is 0.307 e. The highest BCUT2D eigenvalue weighted by molar-refractivity contribution is 6.30. The topological polar surface area (TPSA) is 37.3 Å². The second kappa shape index (κ2) is 3.88. The van der Waals surface area contributed by atoms with Crippen molar-refractivity contribution in [1.29, 1.82) is 0 Å². The second-order valence-corrected chi connectivity index (χ2v) is 5.33. The number of fused-ring (bicyclic) bond motifs is 2. The van der Waals surface area contributed by atoms with E-state index in [9.17, 15) is 9.90 Å². The first-order chi connectivity index (χ1) is 8.16. The third-order valence-corrected chi connectivity index (χ3v) is 4.25. The van der Waals surface area contributed by atoms with E-state index in [1.54, 1.807) is 0 Å². The third kappa shape index (κ3) is 1.67. The van der Waals surface area contributed by atoms with Crippen LogP contribution in [0.5, 0.6) is 0 Å². The maximum atomic E-state index is 11.4. The molecule has 2 bridgehead atoms. The number of allylic oxidation sites excluding steroid dienone is 2. The maximum absolute atomic E-state index is 11.4. The number of carbonyl (C=O) groups is 1. The molecule has 0 spiro atoms. The average Bonchev–Trinajstić information content (AvgIpc) is 2.89. The Bertz CT molecular complexity index is 478. The van der Waals surface area contributed by atoms with Gasteiger partial charge in [0.25, 0.3) is 0 Å². The van der Waals surface area contributed by atoms with Crippen LogP contribution < -0.4 is 0 Å². The molecule has 88 valence electrons. The van der Waals surface area contributed by atoms with Crippen LogP contribution in [0.1, 0.15) is 17.9 Å². The fourth-order valence-electron chi connectivity index (χ4n) is 3.30. The molecule has 1 saturated carbocycles. The van der Waals surface area contributed by atoms with Crippen molar-refractivity contribution in [2.45, 2.75) is 12.3 Å². The molecule has 2 aliphatic carbocycles. The van der Waals surface area contributed by atoms with Gasteiger partial charge in [0.2, 0.25) is 0 Å². The Morgan fingerprint density at radius 2 is 1.82 bits per heavy atom. The highest BCUT2D eigenvalue weighted by atomic mass is 35.5. The van der Waals surface area contributed by atoms with Crippen LogP contribution >= 0.6 is 11.6 Å². The summed E-state index contributed by atoms with van der Waals surface area (Å²) in [6.07, 6.45) is 5.21. The van der Waals surface area contributed by atoms with Crippen LogP contribution in [0.4, 0.5) is 0 Å². The fourth-order valence-corrected chi connectivity index (χ4v) is 3.42. The molecule has 0 amide bonds. The lowest BCUT2D eigenvalue weighted by molar-refractivity contribution is -0.143. The first-order valence-electron chi connectivity index (χ1n) is 5.83. The van der Waals surface area contributed by atoms with Crippen molar-refractivity contribution in [1.82, 2.24) is 0 Å². The number of carboxylic acid groups (broad SMARTS) is 1. The third-order valence-electron chi connectivity index (χ3n) is 4.00. The minimum atomic E-state index is -0.679. The zero-order valence-corrected chi connectivity index (χ0v) is 9.97. The molecule has 0 aliphatic heterocycles. The molecule has 2 nitrogen and oxygen atoms in total. The Morgan fingerprint density at radius 1 is 1.18 bits per heavy atom. The van der Waals surface area contributed by atoms with Crippen molar-refractivity contribution < 1.29 is 9.90 Å². The van der Waals surface area contributed by atoms with Crippen LogP contribution in [0.15, 0.2) is 36.4 Å². The summed E-state index contributed by atoms with van der Waals surface area (Å²) in [5, 5.41) is 10.1. The largest absolute Gasteiger partial charge is 0.481 e. The van der Waals surface area contributed by atoms with E-state index in [-0.39, 0.29) is 17.8 Å². The number of hydrogen-bond acceptors (Lipinski definition) is 1. The van der Waals surface area contributed by atoms with Gasteiger partial charge in [0, 0.05) is 10.9 Å². The highest BCUT2D eigenvalue weighted by Gasteiger charge is 2.48. The summed E-state index contributed by atoms with van der Waals surface area (Å²) in [6.45, 7) is 0. The Labute approximate surface area is 105 Å². The molecule has 1 N–H and O–H groups in total. The van der Waals surface area contributed by atoms with Crippen molar-refractivity contribution >= 4 is 17.6 Å². The molecule has 1 aromatic rings. The number of benzene rings is 1. The van der Waals surface area contributed by atoms with Gasteiger partial charge in [-0.1, -0.05) is 35.9 Å². The van der Waals surface area contributed by atoms with Gasteiger partial charge in [0.15, 0.2) is 0 Å². The summed E-state index contributed by atoms with van der Waals surface area (Å²) in [7, 11) is 0. The monoisotopic (exact) mass is 248 g/mol. The van der Waals surface area contributed by atoms with E-state index in [1.807, 2.05) is 24.3 Å². The van der Waals surface area contributed by atoms with Crippen molar-refractivity contribution in [3.05, 3.63) is 47.0 Å². The molecule has 0 saturated heterocycles. The van der Waals surface area contributed by atoms with Crippen molar-refractivity contribution in [3.63, 3.8) is 0 Å². The van der Waals surface area contributed by atoms with Crippen LogP contribution in [-0.4, -0.2) is 11.1 Å². The van der Waals surface area contributed by atoms with Crippen LogP contribution in [-0.2, 0) is 4.79 Å². The number of hydrogen-bond donors (Lipinski definition) is 1. The first kappa shape index (κ1) is 10.8. The summed E-state index contributed by atoms with van der Waals surface area (Å²) in [4.78, 5) is 11.4. The first-order valence-corrected chi connectivity index (χ1v) is 6.21. The maximum Gasteiger partial charge on any atom is 0.307 e.